The Morgan fingerprint density at radius 3 is 2.17 bits per heavy atom. The van der Waals surface area contributed by atoms with Crippen molar-refractivity contribution in [3.8, 4) is 0 Å². The quantitative estimate of drug-likeness (QED) is 0.904. The van der Waals surface area contributed by atoms with Crippen molar-refractivity contribution in [2.75, 3.05) is 5.73 Å². The van der Waals surface area contributed by atoms with Crippen LogP contribution in [0.3, 0.4) is 0 Å². The molecular weight excluding hydrogens is 292 g/mol. The maximum atomic E-state index is 5.76. The van der Waals surface area contributed by atoms with Crippen molar-refractivity contribution < 1.29 is 4.52 Å². The number of anilines is 1. The van der Waals surface area contributed by atoms with Gasteiger partial charge in [0.2, 0.25) is 0 Å². The Hall–Kier alpha value is -0.510. The first-order valence-corrected chi connectivity index (χ1v) is 7.82. The lowest BCUT2D eigenvalue weighted by Gasteiger charge is -2.56. The highest BCUT2D eigenvalue weighted by Gasteiger charge is 2.51. The van der Waals surface area contributed by atoms with E-state index in [1.165, 1.54) is 38.5 Å². The maximum Gasteiger partial charge on any atom is 0.181 e. The van der Waals surface area contributed by atoms with Crippen molar-refractivity contribution >= 4 is 21.7 Å². The van der Waals surface area contributed by atoms with E-state index in [2.05, 4.69) is 21.1 Å². The van der Waals surface area contributed by atoms with Gasteiger partial charge in [-0.05, 0) is 77.6 Å². The van der Waals surface area contributed by atoms with Gasteiger partial charge in [-0.1, -0.05) is 5.16 Å². The Kier molecular flexibility index (Phi) is 2.36. The molecule has 4 saturated carbocycles. The van der Waals surface area contributed by atoms with Gasteiger partial charge in [0, 0.05) is 6.42 Å². The Morgan fingerprint density at radius 2 is 1.72 bits per heavy atom. The third-order valence-electron chi connectivity index (χ3n) is 5.42. The third kappa shape index (κ3) is 1.64. The highest BCUT2D eigenvalue weighted by atomic mass is 79.9. The van der Waals surface area contributed by atoms with Crippen LogP contribution in [-0.2, 0) is 6.42 Å². The molecule has 4 fully saturated rings. The Labute approximate surface area is 116 Å². The van der Waals surface area contributed by atoms with Crippen molar-refractivity contribution in [3.05, 3.63) is 10.2 Å². The van der Waals surface area contributed by atoms with Crippen molar-refractivity contribution in [2.45, 2.75) is 44.9 Å². The summed E-state index contributed by atoms with van der Waals surface area (Å²) in [7, 11) is 0. The summed E-state index contributed by atoms with van der Waals surface area (Å²) >= 11 is 3.51. The normalized spacial score (nSPS) is 41.5. The van der Waals surface area contributed by atoms with Crippen molar-refractivity contribution in [1.82, 2.24) is 5.16 Å². The van der Waals surface area contributed by atoms with Crippen LogP contribution in [-0.4, -0.2) is 5.16 Å². The molecule has 0 amide bonds. The van der Waals surface area contributed by atoms with Crippen LogP contribution in [0.5, 0.6) is 0 Å². The Bertz CT molecular complexity index is 447. The van der Waals surface area contributed by atoms with Gasteiger partial charge in [0.25, 0.3) is 0 Å². The zero-order chi connectivity index (χ0) is 12.3. The first kappa shape index (κ1) is 11.3. The third-order valence-corrected chi connectivity index (χ3v) is 6.27. The maximum absolute atomic E-state index is 5.76. The first-order chi connectivity index (χ1) is 8.63. The number of nitrogen functional groups attached to an aromatic ring is 1. The molecule has 0 radical (unpaired) electrons. The molecular formula is C14H19BrN2O. The molecule has 4 aliphatic rings. The summed E-state index contributed by atoms with van der Waals surface area (Å²) in [5.41, 5.74) is 6.25. The molecule has 2 N–H and O–H groups in total. The Morgan fingerprint density at radius 1 is 1.17 bits per heavy atom. The van der Waals surface area contributed by atoms with Crippen molar-refractivity contribution in [1.29, 1.82) is 0 Å². The van der Waals surface area contributed by atoms with E-state index in [-0.39, 0.29) is 0 Å². The summed E-state index contributed by atoms with van der Waals surface area (Å²) in [6.45, 7) is 0. The van der Waals surface area contributed by atoms with E-state index in [4.69, 9.17) is 10.3 Å². The number of hydrogen-bond acceptors (Lipinski definition) is 3. The monoisotopic (exact) mass is 310 g/mol. The van der Waals surface area contributed by atoms with E-state index in [1.807, 2.05) is 0 Å². The molecule has 1 heterocycles. The lowest BCUT2D eigenvalue weighted by molar-refractivity contribution is -0.0550. The highest BCUT2D eigenvalue weighted by molar-refractivity contribution is 9.10. The lowest BCUT2D eigenvalue weighted by Crippen LogP contribution is -2.47. The standard InChI is InChI=1S/C14H19BrN2O/c15-12-11(18-17-13(12)16)7-14-4-8-1-9(5-14)3-10(2-8)6-14/h8-10H,1-7H2,(H2,16,17). The molecule has 4 aliphatic carbocycles. The molecule has 1 aromatic rings. The minimum absolute atomic E-state index is 0.489. The van der Waals surface area contributed by atoms with E-state index in [9.17, 15) is 0 Å². The largest absolute Gasteiger partial charge is 0.380 e. The van der Waals surface area contributed by atoms with E-state index in [1.54, 1.807) is 0 Å². The number of nitrogens with two attached hydrogens (primary N) is 1. The smallest absolute Gasteiger partial charge is 0.181 e. The van der Waals surface area contributed by atoms with Crippen LogP contribution < -0.4 is 5.73 Å². The van der Waals surface area contributed by atoms with Crippen LogP contribution in [0.4, 0.5) is 5.82 Å². The van der Waals surface area contributed by atoms with E-state index in [0.29, 0.717) is 11.2 Å². The van der Waals surface area contributed by atoms with Crippen LogP contribution in [0.1, 0.15) is 44.3 Å². The zero-order valence-electron chi connectivity index (χ0n) is 10.5. The predicted molar refractivity (Wildman–Crippen MR) is 72.9 cm³/mol. The second kappa shape index (κ2) is 3.75. The topological polar surface area (TPSA) is 52.0 Å². The van der Waals surface area contributed by atoms with Crippen LogP contribution >= 0.6 is 15.9 Å². The average molecular weight is 311 g/mol. The van der Waals surface area contributed by atoms with Crippen molar-refractivity contribution in [2.24, 2.45) is 23.2 Å². The van der Waals surface area contributed by atoms with Crippen LogP contribution in [0.2, 0.25) is 0 Å². The molecule has 0 aromatic carbocycles. The number of rotatable bonds is 2. The van der Waals surface area contributed by atoms with Gasteiger partial charge >= 0.3 is 0 Å². The molecule has 1 aromatic heterocycles. The van der Waals surface area contributed by atoms with Gasteiger partial charge in [0.15, 0.2) is 11.6 Å². The van der Waals surface area contributed by atoms with Gasteiger partial charge in [-0.3, -0.25) is 0 Å². The zero-order valence-corrected chi connectivity index (χ0v) is 12.1. The fourth-order valence-electron chi connectivity index (χ4n) is 5.28. The second-order valence-corrected chi connectivity index (χ2v) is 7.69. The van der Waals surface area contributed by atoms with Gasteiger partial charge in [-0.2, -0.15) is 0 Å². The molecule has 0 spiro atoms. The summed E-state index contributed by atoms with van der Waals surface area (Å²) < 4.78 is 6.30. The van der Waals surface area contributed by atoms with Gasteiger partial charge in [-0.25, -0.2) is 0 Å². The average Bonchev–Trinajstić information content (AvgIpc) is 2.58. The van der Waals surface area contributed by atoms with Gasteiger partial charge < -0.3 is 10.3 Å². The molecule has 4 heteroatoms. The lowest BCUT2D eigenvalue weighted by atomic mass is 9.49. The molecule has 5 rings (SSSR count). The molecule has 0 aliphatic heterocycles. The van der Waals surface area contributed by atoms with E-state index < -0.39 is 0 Å². The molecule has 4 bridgehead atoms. The number of aromatic nitrogens is 1. The van der Waals surface area contributed by atoms with Gasteiger partial charge in [0.05, 0.1) is 0 Å². The number of hydrogen-bond donors (Lipinski definition) is 1. The SMILES string of the molecule is Nc1noc(CC23CC4CC(CC(C4)C2)C3)c1Br. The van der Waals surface area contributed by atoms with E-state index >= 15 is 0 Å². The summed E-state index contributed by atoms with van der Waals surface area (Å²) in [6.07, 6.45) is 9.67. The molecule has 98 valence electrons. The fraction of sp³-hybridized carbons (Fsp3) is 0.786. The molecule has 0 unspecified atom stereocenters. The molecule has 18 heavy (non-hydrogen) atoms. The van der Waals surface area contributed by atoms with Crippen LogP contribution in [0.15, 0.2) is 9.00 Å². The number of halogens is 1. The predicted octanol–water partition coefficient (Wildman–Crippen LogP) is 3.78. The molecule has 0 atom stereocenters. The summed E-state index contributed by atoms with van der Waals surface area (Å²) in [5.74, 6) is 4.41. The van der Waals surface area contributed by atoms with Crippen LogP contribution in [0.25, 0.3) is 0 Å². The minimum Gasteiger partial charge on any atom is -0.380 e. The summed E-state index contributed by atoms with van der Waals surface area (Å²) in [5, 5.41) is 3.87. The van der Waals surface area contributed by atoms with E-state index in [0.717, 1.165) is 34.4 Å². The van der Waals surface area contributed by atoms with Gasteiger partial charge in [0.1, 0.15) is 4.47 Å². The highest BCUT2D eigenvalue weighted by Crippen LogP contribution is 2.61. The Balaban J connectivity index is 1.62. The number of nitrogens with zero attached hydrogens (tertiary/aromatic N) is 1. The molecule has 0 saturated heterocycles. The van der Waals surface area contributed by atoms with Crippen molar-refractivity contribution in [3.63, 3.8) is 0 Å². The summed E-state index contributed by atoms with van der Waals surface area (Å²) in [4.78, 5) is 0. The van der Waals surface area contributed by atoms with Gasteiger partial charge in [-0.15, -0.1) is 0 Å². The second-order valence-electron chi connectivity index (χ2n) is 6.90. The summed E-state index contributed by atoms with van der Waals surface area (Å²) in [6, 6.07) is 0. The fourth-order valence-corrected chi connectivity index (χ4v) is 5.57. The first-order valence-electron chi connectivity index (χ1n) is 7.03. The van der Waals surface area contributed by atoms with Crippen LogP contribution in [0, 0.1) is 23.2 Å². The molecule has 3 nitrogen and oxygen atoms in total. The minimum atomic E-state index is 0.489.